The summed E-state index contributed by atoms with van der Waals surface area (Å²) in [4.78, 5) is 4.55. The van der Waals surface area contributed by atoms with Crippen LogP contribution in [0.15, 0.2) is 47.5 Å². The normalized spacial score (nSPS) is 12.8. The number of rotatable bonds is 2. The highest BCUT2D eigenvalue weighted by Gasteiger charge is 2.24. The van der Waals surface area contributed by atoms with Crippen LogP contribution in [0.4, 0.5) is 5.69 Å². The van der Waals surface area contributed by atoms with Gasteiger partial charge in [-0.3, -0.25) is 4.99 Å². The van der Waals surface area contributed by atoms with Gasteiger partial charge in [0.15, 0.2) is 0 Å². The van der Waals surface area contributed by atoms with Crippen molar-refractivity contribution in [2.45, 2.75) is 52.4 Å². The third-order valence-electron chi connectivity index (χ3n) is 3.92. The molecule has 0 aliphatic rings. The summed E-state index contributed by atoms with van der Waals surface area (Å²) in [5.74, 6) is 0.276. The summed E-state index contributed by atoms with van der Waals surface area (Å²) in [6, 6.07) is 14.0. The minimum atomic E-state index is -0.137. The van der Waals surface area contributed by atoms with Crippen LogP contribution in [0.3, 0.4) is 0 Å². The van der Waals surface area contributed by atoms with Gasteiger partial charge in [0.2, 0.25) is 0 Å². The Hall–Kier alpha value is -2.09. The number of aliphatic imine (C=N–C) groups is 1. The van der Waals surface area contributed by atoms with Crippen LogP contribution in [0.1, 0.15) is 58.2 Å². The molecule has 0 fully saturated rings. The summed E-state index contributed by atoms with van der Waals surface area (Å²) in [5.41, 5.74) is 3.63. The molecule has 1 N–H and O–H groups in total. The average molecular weight is 309 g/mol. The predicted molar refractivity (Wildman–Crippen MR) is 99.2 cm³/mol. The lowest BCUT2D eigenvalue weighted by Gasteiger charge is -2.26. The zero-order valence-electron chi connectivity index (χ0n) is 15.0. The van der Waals surface area contributed by atoms with Crippen molar-refractivity contribution in [2.75, 3.05) is 0 Å². The number of aromatic hydroxyl groups is 1. The summed E-state index contributed by atoms with van der Waals surface area (Å²) >= 11 is 0. The first kappa shape index (κ1) is 17.3. The molecule has 0 heterocycles. The second-order valence-corrected chi connectivity index (χ2v) is 8.06. The van der Waals surface area contributed by atoms with Crippen LogP contribution in [0.5, 0.6) is 5.75 Å². The molecule has 2 aromatic carbocycles. The van der Waals surface area contributed by atoms with Crippen molar-refractivity contribution in [1.29, 1.82) is 0 Å². The molecular formula is C21H27NO. The molecule has 0 unspecified atom stereocenters. The van der Waals surface area contributed by atoms with Crippen molar-refractivity contribution in [1.82, 2.24) is 0 Å². The van der Waals surface area contributed by atoms with Crippen LogP contribution in [-0.2, 0) is 10.8 Å². The molecule has 0 saturated heterocycles. The summed E-state index contributed by atoms with van der Waals surface area (Å²) in [6.07, 6.45) is 1.80. The van der Waals surface area contributed by atoms with E-state index >= 15 is 0 Å². The quantitative estimate of drug-likeness (QED) is 0.705. The Bertz CT molecular complexity index is 701. The molecule has 2 rings (SSSR count). The highest BCUT2D eigenvalue weighted by molar-refractivity contribution is 5.83. The minimum absolute atomic E-state index is 0.00468. The number of hydrogen-bond acceptors (Lipinski definition) is 2. The first-order valence-corrected chi connectivity index (χ1v) is 8.06. The molecule has 0 saturated carbocycles. The molecular weight excluding hydrogens is 282 g/mol. The van der Waals surface area contributed by atoms with Crippen molar-refractivity contribution in [2.24, 2.45) is 4.99 Å². The molecule has 0 amide bonds. The van der Waals surface area contributed by atoms with Gasteiger partial charge in [-0.15, -0.1) is 0 Å². The Morgan fingerprint density at radius 3 is 2.00 bits per heavy atom. The first-order chi connectivity index (χ1) is 10.6. The molecule has 0 radical (unpaired) electrons. The van der Waals surface area contributed by atoms with Gasteiger partial charge in [0, 0.05) is 11.8 Å². The minimum Gasteiger partial charge on any atom is -0.505 e. The first-order valence-electron chi connectivity index (χ1n) is 8.06. The highest BCUT2D eigenvalue weighted by atomic mass is 16.3. The van der Waals surface area contributed by atoms with Gasteiger partial charge in [0.05, 0.1) is 0 Å². The van der Waals surface area contributed by atoms with Crippen molar-refractivity contribution >= 4 is 11.9 Å². The van der Waals surface area contributed by atoms with Crippen LogP contribution in [-0.4, -0.2) is 11.3 Å². The molecule has 2 heteroatoms. The van der Waals surface area contributed by atoms with Gasteiger partial charge in [-0.2, -0.15) is 0 Å². The van der Waals surface area contributed by atoms with Crippen molar-refractivity contribution in [3.8, 4) is 5.75 Å². The lowest BCUT2D eigenvalue weighted by Crippen LogP contribution is -2.16. The summed E-state index contributed by atoms with van der Waals surface area (Å²) in [6.45, 7) is 12.9. The van der Waals surface area contributed by atoms with E-state index in [0.717, 1.165) is 11.1 Å². The zero-order chi connectivity index (χ0) is 17.3. The summed E-state index contributed by atoms with van der Waals surface area (Å²) < 4.78 is 0. The van der Waals surface area contributed by atoms with Gasteiger partial charge in [-0.05, 0) is 28.0 Å². The lowest BCUT2D eigenvalue weighted by molar-refractivity contribution is 0.446. The molecule has 2 aromatic rings. The van der Waals surface area contributed by atoms with Gasteiger partial charge in [0.1, 0.15) is 11.4 Å². The Kier molecular flexibility index (Phi) is 4.65. The number of hydrogen-bond donors (Lipinski definition) is 1. The van der Waals surface area contributed by atoms with Gasteiger partial charge in [0.25, 0.3) is 0 Å². The van der Waals surface area contributed by atoms with Crippen LogP contribution in [0, 0.1) is 0 Å². The fourth-order valence-electron chi connectivity index (χ4n) is 2.41. The van der Waals surface area contributed by atoms with E-state index < -0.39 is 0 Å². The smallest absolute Gasteiger partial charge is 0.144 e. The van der Waals surface area contributed by atoms with E-state index in [4.69, 9.17) is 0 Å². The zero-order valence-corrected chi connectivity index (χ0v) is 15.0. The topological polar surface area (TPSA) is 32.6 Å². The number of phenolic OH excluding ortho intramolecular Hbond substituents is 1. The number of benzene rings is 2. The number of nitrogens with zero attached hydrogens (tertiary/aromatic N) is 1. The highest BCUT2D eigenvalue weighted by Crippen LogP contribution is 2.41. The predicted octanol–water partition coefficient (Wildman–Crippen LogP) is 5.74. The standard InChI is InChI=1S/C21H27NO/c1-20(2,3)16-12-17(21(4,5)6)19(23)18(13-16)22-14-15-10-8-7-9-11-15/h7-14,23H,1-6H3/b22-14-. The van der Waals surface area contributed by atoms with Gasteiger partial charge < -0.3 is 5.11 Å². The second-order valence-electron chi connectivity index (χ2n) is 8.06. The van der Waals surface area contributed by atoms with E-state index in [1.165, 1.54) is 5.56 Å². The van der Waals surface area contributed by atoms with Crippen LogP contribution in [0.2, 0.25) is 0 Å². The Labute approximate surface area is 139 Å². The number of phenols is 1. The largest absolute Gasteiger partial charge is 0.505 e. The molecule has 0 atom stereocenters. The lowest BCUT2D eigenvalue weighted by atomic mass is 9.80. The molecule has 0 aliphatic heterocycles. The molecule has 23 heavy (non-hydrogen) atoms. The van der Waals surface area contributed by atoms with Gasteiger partial charge in [-0.1, -0.05) is 77.9 Å². The van der Waals surface area contributed by atoms with E-state index in [9.17, 15) is 5.11 Å². The fourth-order valence-corrected chi connectivity index (χ4v) is 2.41. The van der Waals surface area contributed by atoms with E-state index in [0.29, 0.717) is 5.69 Å². The maximum absolute atomic E-state index is 10.7. The molecule has 0 spiro atoms. The molecule has 0 aliphatic carbocycles. The van der Waals surface area contributed by atoms with Crippen LogP contribution in [0.25, 0.3) is 0 Å². The van der Waals surface area contributed by atoms with Crippen molar-refractivity contribution in [3.05, 3.63) is 59.2 Å². The van der Waals surface area contributed by atoms with E-state index in [-0.39, 0.29) is 16.6 Å². The third-order valence-corrected chi connectivity index (χ3v) is 3.92. The van der Waals surface area contributed by atoms with Crippen molar-refractivity contribution < 1.29 is 5.11 Å². The molecule has 122 valence electrons. The van der Waals surface area contributed by atoms with Crippen molar-refractivity contribution in [3.63, 3.8) is 0 Å². The van der Waals surface area contributed by atoms with E-state index in [1.54, 1.807) is 6.21 Å². The molecule has 0 bridgehead atoms. The van der Waals surface area contributed by atoms with E-state index in [2.05, 4.69) is 52.6 Å². The Balaban J connectivity index is 2.56. The summed E-state index contributed by atoms with van der Waals surface area (Å²) in [5, 5.41) is 10.7. The van der Waals surface area contributed by atoms with E-state index in [1.807, 2.05) is 36.4 Å². The third kappa shape index (κ3) is 4.22. The Morgan fingerprint density at radius 1 is 0.870 bits per heavy atom. The second kappa shape index (κ2) is 6.19. The van der Waals surface area contributed by atoms with Gasteiger partial charge >= 0.3 is 0 Å². The average Bonchev–Trinajstić information content (AvgIpc) is 2.44. The fraction of sp³-hybridized carbons (Fsp3) is 0.381. The SMILES string of the molecule is CC(C)(C)c1cc(/N=C\c2ccccc2)c(O)c(C(C)(C)C)c1. The van der Waals surface area contributed by atoms with Gasteiger partial charge in [-0.25, -0.2) is 0 Å². The molecule has 2 nitrogen and oxygen atoms in total. The maximum atomic E-state index is 10.7. The van der Waals surface area contributed by atoms with Crippen LogP contribution >= 0.6 is 0 Å². The monoisotopic (exact) mass is 309 g/mol. The summed E-state index contributed by atoms with van der Waals surface area (Å²) in [7, 11) is 0. The van der Waals surface area contributed by atoms with Crippen LogP contribution < -0.4 is 0 Å². The Morgan fingerprint density at radius 2 is 1.48 bits per heavy atom. The maximum Gasteiger partial charge on any atom is 0.144 e. The molecule has 0 aromatic heterocycles.